The number of hydrogen-bond acceptors (Lipinski definition) is 1. The Kier molecular flexibility index (Phi) is 3.61. The Labute approximate surface area is 108 Å². The quantitative estimate of drug-likeness (QED) is 0.830. The lowest BCUT2D eigenvalue weighted by atomic mass is 10.2. The van der Waals surface area contributed by atoms with Gasteiger partial charge in [0.2, 0.25) is 0 Å². The summed E-state index contributed by atoms with van der Waals surface area (Å²) in [5.41, 5.74) is 1.30. The van der Waals surface area contributed by atoms with Gasteiger partial charge < -0.3 is 5.32 Å². The van der Waals surface area contributed by atoms with Crippen molar-refractivity contribution in [1.29, 1.82) is 0 Å². The van der Waals surface area contributed by atoms with Crippen molar-refractivity contribution in [3.63, 3.8) is 0 Å². The molecule has 2 rings (SSSR count). The van der Waals surface area contributed by atoms with E-state index >= 15 is 0 Å². The third kappa shape index (κ3) is 2.88. The van der Waals surface area contributed by atoms with Crippen molar-refractivity contribution in [2.45, 2.75) is 24.9 Å². The topological polar surface area (TPSA) is 12.0 Å². The van der Waals surface area contributed by atoms with E-state index in [0.29, 0.717) is 5.88 Å². The molecule has 0 atom stereocenters. The van der Waals surface area contributed by atoms with Crippen molar-refractivity contribution < 1.29 is 0 Å². The highest BCUT2D eigenvalue weighted by atomic mass is 79.9. The van der Waals surface area contributed by atoms with Gasteiger partial charge in [-0.05, 0) is 30.5 Å². The zero-order valence-electron chi connectivity index (χ0n) is 8.19. The van der Waals surface area contributed by atoms with Crippen LogP contribution in [-0.4, -0.2) is 11.4 Å². The summed E-state index contributed by atoms with van der Waals surface area (Å²) in [5.74, 6) is 0.682. The summed E-state index contributed by atoms with van der Waals surface area (Å²) in [5, 5.41) is 4.26. The first-order valence-corrected chi connectivity index (χ1v) is 6.61. The molecular formula is C11H12BrCl2N. The maximum absolute atomic E-state index is 6.12. The van der Waals surface area contributed by atoms with Gasteiger partial charge in [0.1, 0.15) is 0 Å². The molecule has 4 heteroatoms. The lowest BCUT2D eigenvalue weighted by Gasteiger charge is -2.14. The van der Waals surface area contributed by atoms with E-state index in [9.17, 15) is 0 Å². The second kappa shape index (κ2) is 4.62. The molecule has 82 valence electrons. The van der Waals surface area contributed by atoms with Crippen LogP contribution in [-0.2, 0) is 6.54 Å². The van der Waals surface area contributed by atoms with Crippen molar-refractivity contribution in [1.82, 2.24) is 5.32 Å². The lowest BCUT2D eigenvalue weighted by Crippen LogP contribution is -2.32. The summed E-state index contributed by atoms with van der Waals surface area (Å²) < 4.78 is 1.01. The van der Waals surface area contributed by atoms with E-state index in [2.05, 4.69) is 21.2 Å². The summed E-state index contributed by atoms with van der Waals surface area (Å²) in [4.78, 5) is 0. The monoisotopic (exact) mass is 307 g/mol. The second-order valence-corrected chi connectivity index (χ2v) is 5.59. The highest BCUT2D eigenvalue weighted by Crippen LogP contribution is 2.37. The Morgan fingerprint density at radius 1 is 1.40 bits per heavy atom. The van der Waals surface area contributed by atoms with Gasteiger partial charge in [0.05, 0.1) is 0 Å². The standard InChI is InChI=1S/C11H12BrCl2N/c12-9-2-1-8(10(14)5-9)6-15-11(7-13)3-4-11/h1-2,5,15H,3-4,6-7H2. The van der Waals surface area contributed by atoms with Crippen molar-refractivity contribution in [2.24, 2.45) is 0 Å². The summed E-state index contributed by atoms with van der Waals surface area (Å²) in [6.07, 6.45) is 2.34. The van der Waals surface area contributed by atoms with E-state index in [1.54, 1.807) is 0 Å². The molecule has 1 nitrogen and oxygen atoms in total. The smallest absolute Gasteiger partial charge is 0.0462 e. The van der Waals surface area contributed by atoms with E-state index in [4.69, 9.17) is 23.2 Å². The number of benzene rings is 1. The maximum atomic E-state index is 6.12. The molecule has 1 aliphatic carbocycles. The highest BCUT2D eigenvalue weighted by Gasteiger charge is 2.41. The van der Waals surface area contributed by atoms with Crippen LogP contribution >= 0.6 is 39.1 Å². The predicted octanol–water partition coefficient (Wildman–Crippen LogP) is 3.96. The largest absolute Gasteiger partial charge is 0.306 e. The predicted molar refractivity (Wildman–Crippen MR) is 68.7 cm³/mol. The van der Waals surface area contributed by atoms with Gasteiger partial charge >= 0.3 is 0 Å². The summed E-state index contributed by atoms with van der Waals surface area (Å²) >= 11 is 15.4. The molecule has 0 saturated heterocycles. The molecule has 1 aliphatic rings. The SMILES string of the molecule is ClCC1(NCc2ccc(Br)cc2Cl)CC1. The van der Waals surface area contributed by atoms with Gasteiger partial charge in [-0.1, -0.05) is 33.6 Å². The molecule has 0 unspecified atom stereocenters. The molecule has 0 radical (unpaired) electrons. The Hall–Kier alpha value is 0.240. The first-order valence-electron chi connectivity index (χ1n) is 4.90. The minimum Gasteiger partial charge on any atom is -0.306 e. The van der Waals surface area contributed by atoms with Gasteiger partial charge in [-0.25, -0.2) is 0 Å². The van der Waals surface area contributed by atoms with E-state index in [0.717, 1.165) is 21.6 Å². The van der Waals surface area contributed by atoms with Gasteiger partial charge in [0, 0.05) is 27.5 Å². The van der Waals surface area contributed by atoms with Crippen molar-refractivity contribution in [3.05, 3.63) is 33.3 Å². The van der Waals surface area contributed by atoms with E-state index in [-0.39, 0.29) is 5.54 Å². The van der Waals surface area contributed by atoms with Crippen LogP contribution in [0.3, 0.4) is 0 Å². The zero-order valence-corrected chi connectivity index (χ0v) is 11.3. The Balaban J connectivity index is 1.99. The van der Waals surface area contributed by atoms with Crippen LogP contribution in [0.1, 0.15) is 18.4 Å². The lowest BCUT2D eigenvalue weighted by molar-refractivity contribution is 0.543. The number of hydrogen-bond donors (Lipinski definition) is 1. The first kappa shape index (κ1) is 11.7. The number of nitrogens with one attached hydrogen (secondary N) is 1. The Morgan fingerprint density at radius 2 is 2.13 bits per heavy atom. The number of rotatable bonds is 4. The van der Waals surface area contributed by atoms with Gasteiger partial charge in [0.25, 0.3) is 0 Å². The number of alkyl halides is 1. The first-order chi connectivity index (χ1) is 7.15. The molecule has 0 heterocycles. The van der Waals surface area contributed by atoms with Crippen LogP contribution in [0.5, 0.6) is 0 Å². The second-order valence-electron chi connectivity index (χ2n) is 4.00. The normalized spacial score (nSPS) is 17.8. The Bertz CT molecular complexity index is 364. The fourth-order valence-corrected chi connectivity index (χ4v) is 2.56. The molecule has 0 amide bonds. The zero-order chi connectivity index (χ0) is 10.9. The molecule has 0 aliphatic heterocycles. The minimum atomic E-state index is 0.179. The Morgan fingerprint density at radius 3 is 2.67 bits per heavy atom. The van der Waals surface area contributed by atoms with Gasteiger partial charge in [-0.3, -0.25) is 0 Å². The minimum absolute atomic E-state index is 0.179. The molecular weight excluding hydrogens is 297 g/mol. The molecule has 0 spiro atoms. The van der Waals surface area contributed by atoms with Crippen molar-refractivity contribution in [3.8, 4) is 0 Å². The highest BCUT2D eigenvalue weighted by molar-refractivity contribution is 9.10. The molecule has 0 aromatic heterocycles. The summed E-state index contributed by atoms with van der Waals surface area (Å²) in [6, 6.07) is 5.95. The molecule has 1 N–H and O–H groups in total. The summed E-state index contributed by atoms with van der Waals surface area (Å²) in [7, 11) is 0. The molecule has 1 aromatic carbocycles. The van der Waals surface area contributed by atoms with Gasteiger partial charge in [0.15, 0.2) is 0 Å². The fraction of sp³-hybridized carbons (Fsp3) is 0.455. The van der Waals surface area contributed by atoms with Crippen LogP contribution < -0.4 is 5.32 Å². The van der Waals surface area contributed by atoms with E-state index in [1.165, 1.54) is 12.8 Å². The van der Waals surface area contributed by atoms with Crippen LogP contribution in [0.4, 0.5) is 0 Å². The van der Waals surface area contributed by atoms with Crippen LogP contribution in [0.25, 0.3) is 0 Å². The molecule has 1 saturated carbocycles. The molecule has 1 aromatic rings. The molecule has 15 heavy (non-hydrogen) atoms. The van der Waals surface area contributed by atoms with E-state index < -0.39 is 0 Å². The van der Waals surface area contributed by atoms with Gasteiger partial charge in [-0.15, -0.1) is 11.6 Å². The van der Waals surface area contributed by atoms with Crippen molar-refractivity contribution >= 4 is 39.1 Å². The number of halogens is 3. The summed E-state index contributed by atoms with van der Waals surface area (Å²) in [6.45, 7) is 0.791. The van der Waals surface area contributed by atoms with Gasteiger partial charge in [-0.2, -0.15) is 0 Å². The van der Waals surface area contributed by atoms with Crippen LogP contribution in [0.15, 0.2) is 22.7 Å². The van der Waals surface area contributed by atoms with Crippen LogP contribution in [0, 0.1) is 0 Å². The third-order valence-electron chi connectivity index (χ3n) is 2.78. The molecule has 0 bridgehead atoms. The fourth-order valence-electron chi connectivity index (χ4n) is 1.46. The maximum Gasteiger partial charge on any atom is 0.0462 e. The van der Waals surface area contributed by atoms with E-state index in [1.807, 2.05) is 18.2 Å². The molecule has 1 fully saturated rings. The average Bonchev–Trinajstić information content (AvgIpc) is 2.97. The van der Waals surface area contributed by atoms with Crippen molar-refractivity contribution in [2.75, 3.05) is 5.88 Å². The average molecular weight is 309 g/mol. The third-order valence-corrected chi connectivity index (χ3v) is 4.13. The van der Waals surface area contributed by atoms with Crippen LogP contribution in [0.2, 0.25) is 5.02 Å².